The van der Waals surface area contributed by atoms with E-state index in [1.807, 2.05) is 0 Å². The molecule has 0 bridgehead atoms. The Morgan fingerprint density at radius 1 is 1.50 bits per heavy atom. The monoisotopic (exact) mass is 170 g/mol. The summed E-state index contributed by atoms with van der Waals surface area (Å²) < 4.78 is 10.5. The molecule has 0 spiro atoms. The summed E-state index contributed by atoms with van der Waals surface area (Å²) >= 11 is 0. The molecule has 0 saturated carbocycles. The van der Waals surface area contributed by atoms with Crippen molar-refractivity contribution in [3.05, 3.63) is 12.3 Å². The van der Waals surface area contributed by atoms with E-state index >= 15 is 0 Å². The van der Waals surface area contributed by atoms with E-state index in [1.165, 1.54) is 0 Å². The van der Waals surface area contributed by atoms with Crippen LogP contribution in [0.1, 0.15) is 26.7 Å². The van der Waals surface area contributed by atoms with Gasteiger partial charge in [-0.15, -0.1) is 0 Å². The first-order chi connectivity index (χ1) is 5.64. The summed E-state index contributed by atoms with van der Waals surface area (Å²) in [5, 5.41) is 0. The minimum atomic E-state index is 0.0427. The lowest BCUT2D eigenvalue weighted by molar-refractivity contribution is -0.0647. The summed E-state index contributed by atoms with van der Waals surface area (Å²) in [5.41, 5.74) is 0.0427. The number of rotatable bonds is 2. The smallest absolute Gasteiger partial charge is 0.0787 e. The van der Waals surface area contributed by atoms with Gasteiger partial charge in [0.05, 0.1) is 19.0 Å². The maximum absolute atomic E-state index is 5.60. The quantitative estimate of drug-likeness (QED) is 0.592. The molecule has 1 atom stereocenters. The fraction of sp³-hybridized carbons (Fsp3) is 0.800. The molecule has 0 amide bonds. The molecule has 1 heterocycles. The lowest BCUT2D eigenvalue weighted by atomic mass is 9.88. The Hall–Kier alpha value is -0.500. The van der Waals surface area contributed by atoms with Crippen LogP contribution < -0.4 is 0 Å². The van der Waals surface area contributed by atoms with Crippen molar-refractivity contribution in [2.45, 2.75) is 32.3 Å². The van der Waals surface area contributed by atoms with Gasteiger partial charge in [0, 0.05) is 6.61 Å². The lowest BCUT2D eigenvalue weighted by Crippen LogP contribution is -2.33. The minimum absolute atomic E-state index is 0.0427. The Kier molecular flexibility index (Phi) is 3.15. The fourth-order valence-corrected chi connectivity index (χ4v) is 1.63. The summed E-state index contributed by atoms with van der Waals surface area (Å²) in [5.74, 6) is 0.619. The van der Waals surface area contributed by atoms with E-state index in [4.69, 9.17) is 9.47 Å². The lowest BCUT2D eigenvalue weighted by Gasteiger charge is -2.34. The topological polar surface area (TPSA) is 18.5 Å². The van der Waals surface area contributed by atoms with Gasteiger partial charge in [-0.25, -0.2) is 0 Å². The van der Waals surface area contributed by atoms with E-state index in [9.17, 15) is 0 Å². The van der Waals surface area contributed by atoms with Crippen molar-refractivity contribution >= 4 is 0 Å². The molecule has 0 radical (unpaired) electrons. The van der Waals surface area contributed by atoms with Crippen molar-refractivity contribution in [2.24, 2.45) is 5.92 Å². The molecular weight excluding hydrogens is 152 g/mol. The third-order valence-electron chi connectivity index (χ3n) is 2.22. The van der Waals surface area contributed by atoms with Gasteiger partial charge in [-0.05, 0) is 38.7 Å². The SMILES string of the molecule is CO/C=C/C1CCOC(C)(C)C1. The molecule has 0 aliphatic carbocycles. The first kappa shape index (κ1) is 9.59. The van der Waals surface area contributed by atoms with Gasteiger partial charge in [0.25, 0.3) is 0 Å². The van der Waals surface area contributed by atoms with E-state index < -0.39 is 0 Å². The van der Waals surface area contributed by atoms with Crippen molar-refractivity contribution in [2.75, 3.05) is 13.7 Å². The molecule has 1 unspecified atom stereocenters. The molecule has 2 nitrogen and oxygen atoms in total. The highest BCUT2D eigenvalue weighted by Gasteiger charge is 2.27. The van der Waals surface area contributed by atoms with Gasteiger partial charge in [-0.2, -0.15) is 0 Å². The molecule has 1 saturated heterocycles. The normalized spacial score (nSPS) is 29.1. The van der Waals surface area contributed by atoms with Gasteiger partial charge >= 0.3 is 0 Å². The van der Waals surface area contributed by atoms with Crippen molar-refractivity contribution in [1.29, 1.82) is 0 Å². The van der Waals surface area contributed by atoms with Crippen LogP contribution in [0.4, 0.5) is 0 Å². The molecule has 0 N–H and O–H groups in total. The van der Waals surface area contributed by atoms with Crippen LogP contribution in [-0.2, 0) is 9.47 Å². The molecule has 70 valence electrons. The van der Waals surface area contributed by atoms with E-state index in [2.05, 4.69) is 19.9 Å². The summed E-state index contributed by atoms with van der Waals surface area (Å²) in [4.78, 5) is 0. The number of methoxy groups -OCH3 is 1. The molecule has 1 rings (SSSR count). The summed E-state index contributed by atoms with van der Waals surface area (Å²) in [7, 11) is 1.68. The van der Waals surface area contributed by atoms with Gasteiger partial charge in [0.15, 0.2) is 0 Å². The number of hydrogen-bond acceptors (Lipinski definition) is 2. The average molecular weight is 170 g/mol. The van der Waals surface area contributed by atoms with Crippen molar-refractivity contribution in [3.63, 3.8) is 0 Å². The second kappa shape index (κ2) is 3.94. The maximum Gasteiger partial charge on any atom is 0.0787 e. The molecule has 1 aliphatic heterocycles. The highest BCUT2D eigenvalue weighted by molar-refractivity contribution is 4.90. The Bertz CT molecular complexity index is 161. The molecule has 1 aliphatic rings. The Morgan fingerprint density at radius 3 is 2.83 bits per heavy atom. The Balaban J connectivity index is 2.41. The van der Waals surface area contributed by atoms with Crippen LogP contribution in [0.25, 0.3) is 0 Å². The van der Waals surface area contributed by atoms with Crippen molar-refractivity contribution in [1.82, 2.24) is 0 Å². The van der Waals surface area contributed by atoms with Crippen LogP contribution in [0.15, 0.2) is 12.3 Å². The number of allylic oxidation sites excluding steroid dienone is 1. The third kappa shape index (κ3) is 2.86. The zero-order chi connectivity index (χ0) is 9.03. The number of hydrogen-bond donors (Lipinski definition) is 0. The summed E-state index contributed by atoms with van der Waals surface area (Å²) in [6, 6.07) is 0. The number of ether oxygens (including phenoxy) is 2. The molecule has 12 heavy (non-hydrogen) atoms. The van der Waals surface area contributed by atoms with E-state index in [-0.39, 0.29) is 5.60 Å². The van der Waals surface area contributed by atoms with Crippen LogP contribution in [0.2, 0.25) is 0 Å². The van der Waals surface area contributed by atoms with Gasteiger partial charge in [-0.3, -0.25) is 0 Å². The fourth-order valence-electron chi connectivity index (χ4n) is 1.63. The first-order valence-electron chi connectivity index (χ1n) is 4.47. The summed E-state index contributed by atoms with van der Waals surface area (Å²) in [6.45, 7) is 5.14. The zero-order valence-electron chi connectivity index (χ0n) is 8.17. The van der Waals surface area contributed by atoms with Crippen molar-refractivity contribution < 1.29 is 9.47 Å². The third-order valence-corrected chi connectivity index (χ3v) is 2.22. The average Bonchev–Trinajstić information content (AvgIpc) is 1.99. The molecule has 0 aromatic carbocycles. The Labute approximate surface area is 74.6 Å². The van der Waals surface area contributed by atoms with E-state index in [0.717, 1.165) is 19.4 Å². The molecule has 1 fully saturated rings. The molecule has 0 aromatic heterocycles. The van der Waals surface area contributed by atoms with Crippen LogP contribution in [0, 0.1) is 5.92 Å². The predicted octanol–water partition coefficient (Wildman–Crippen LogP) is 2.35. The molecule has 0 aromatic rings. The van der Waals surface area contributed by atoms with Crippen molar-refractivity contribution in [3.8, 4) is 0 Å². The van der Waals surface area contributed by atoms with E-state index in [0.29, 0.717) is 5.92 Å². The zero-order valence-corrected chi connectivity index (χ0v) is 8.17. The van der Waals surface area contributed by atoms with Crippen LogP contribution in [0.3, 0.4) is 0 Å². The second-order valence-electron chi connectivity index (χ2n) is 3.93. The van der Waals surface area contributed by atoms with Crippen LogP contribution in [-0.4, -0.2) is 19.3 Å². The van der Waals surface area contributed by atoms with Gasteiger partial charge in [-0.1, -0.05) is 0 Å². The predicted molar refractivity (Wildman–Crippen MR) is 48.9 cm³/mol. The highest BCUT2D eigenvalue weighted by atomic mass is 16.5. The van der Waals surface area contributed by atoms with Crippen LogP contribution >= 0.6 is 0 Å². The van der Waals surface area contributed by atoms with Crippen LogP contribution in [0.5, 0.6) is 0 Å². The largest absolute Gasteiger partial charge is 0.505 e. The van der Waals surface area contributed by atoms with Gasteiger partial charge in [0.2, 0.25) is 0 Å². The van der Waals surface area contributed by atoms with Gasteiger partial charge < -0.3 is 9.47 Å². The Morgan fingerprint density at radius 2 is 2.25 bits per heavy atom. The highest BCUT2D eigenvalue weighted by Crippen LogP contribution is 2.29. The standard InChI is InChI=1S/C10H18O2/c1-10(2)8-9(4-6-11-3)5-7-12-10/h4,6,9H,5,7-8H2,1-3H3/b6-4+. The molecule has 2 heteroatoms. The second-order valence-corrected chi connectivity index (χ2v) is 3.93. The minimum Gasteiger partial charge on any atom is -0.505 e. The maximum atomic E-state index is 5.60. The van der Waals surface area contributed by atoms with Gasteiger partial charge in [0.1, 0.15) is 0 Å². The molecular formula is C10H18O2. The summed E-state index contributed by atoms with van der Waals surface area (Å²) in [6.07, 6.45) is 6.10. The first-order valence-corrected chi connectivity index (χ1v) is 4.47. The van der Waals surface area contributed by atoms with E-state index in [1.54, 1.807) is 13.4 Å².